The lowest BCUT2D eigenvalue weighted by atomic mass is 10.0. The van der Waals surface area contributed by atoms with Crippen LogP contribution in [0.1, 0.15) is 30.5 Å². The summed E-state index contributed by atoms with van der Waals surface area (Å²) in [7, 11) is 0. The molecular weight excluding hydrogens is 234 g/mol. The van der Waals surface area contributed by atoms with E-state index in [-0.39, 0.29) is 6.04 Å². The molecule has 2 N–H and O–H groups in total. The van der Waals surface area contributed by atoms with E-state index in [1.165, 1.54) is 11.1 Å². The van der Waals surface area contributed by atoms with Crippen LogP contribution in [0.2, 0.25) is 0 Å². The second kappa shape index (κ2) is 6.95. The van der Waals surface area contributed by atoms with E-state index in [1.54, 1.807) is 0 Å². The van der Waals surface area contributed by atoms with Crippen molar-refractivity contribution in [3.8, 4) is 5.75 Å². The van der Waals surface area contributed by atoms with Gasteiger partial charge in [0.15, 0.2) is 0 Å². The minimum Gasteiger partial charge on any atom is -0.494 e. The Kier molecular flexibility index (Phi) is 4.99. The predicted octanol–water partition coefficient (Wildman–Crippen LogP) is 3.72. The summed E-state index contributed by atoms with van der Waals surface area (Å²) in [5.41, 5.74) is 8.69. The Hall–Kier alpha value is -1.80. The van der Waals surface area contributed by atoms with Crippen LogP contribution in [-0.2, 0) is 6.42 Å². The highest BCUT2D eigenvalue weighted by Gasteiger charge is 2.06. The molecule has 0 bridgehead atoms. The Morgan fingerprint density at radius 2 is 1.68 bits per heavy atom. The molecule has 100 valence electrons. The molecule has 0 heterocycles. The smallest absolute Gasteiger partial charge is 0.119 e. The van der Waals surface area contributed by atoms with Gasteiger partial charge in [-0.25, -0.2) is 0 Å². The van der Waals surface area contributed by atoms with Crippen molar-refractivity contribution in [3.63, 3.8) is 0 Å². The number of aryl methyl sites for hydroxylation is 1. The van der Waals surface area contributed by atoms with Gasteiger partial charge in [-0.15, -0.1) is 0 Å². The third-order valence-corrected chi connectivity index (χ3v) is 3.26. The van der Waals surface area contributed by atoms with Gasteiger partial charge in [0.05, 0.1) is 6.61 Å². The Balaban J connectivity index is 1.82. The highest BCUT2D eigenvalue weighted by molar-refractivity contribution is 5.25. The topological polar surface area (TPSA) is 35.2 Å². The van der Waals surface area contributed by atoms with Crippen molar-refractivity contribution in [2.24, 2.45) is 5.73 Å². The number of hydrogen-bond acceptors (Lipinski definition) is 2. The van der Waals surface area contributed by atoms with Crippen LogP contribution in [-0.4, -0.2) is 6.61 Å². The molecule has 2 heteroatoms. The van der Waals surface area contributed by atoms with Crippen LogP contribution in [0.4, 0.5) is 0 Å². The van der Waals surface area contributed by atoms with Crippen LogP contribution in [0, 0.1) is 0 Å². The fourth-order valence-electron chi connectivity index (χ4n) is 1.99. The molecule has 0 spiro atoms. The Bertz CT molecular complexity index is 478. The molecule has 2 nitrogen and oxygen atoms in total. The fourth-order valence-corrected chi connectivity index (χ4v) is 1.99. The molecule has 2 rings (SSSR count). The van der Waals surface area contributed by atoms with Crippen molar-refractivity contribution in [1.29, 1.82) is 0 Å². The molecule has 0 amide bonds. The highest BCUT2D eigenvalue weighted by Crippen LogP contribution is 2.16. The van der Waals surface area contributed by atoms with Gasteiger partial charge in [0.1, 0.15) is 5.75 Å². The van der Waals surface area contributed by atoms with Gasteiger partial charge in [0, 0.05) is 12.5 Å². The van der Waals surface area contributed by atoms with Crippen molar-refractivity contribution in [1.82, 2.24) is 0 Å². The van der Waals surface area contributed by atoms with Crippen LogP contribution < -0.4 is 10.5 Å². The molecule has 0 fully saturated rings. The van der Waals surface area contributed by atoms with Gasteiger partial charge < -0.3 is 10.5 Å². The summed E-state index contributed by atoms with van der Waals surface area (Å²) in [5, 5.41) is 0. The number of hydrogen-bond donors (Lipinski definition) is 1. The van der Waals surface area contributed by atoms with E-state index >= 15 is 0 Å². The van der Waals surface area contributed by atoms with E-state index in [4.69, 9.17) is 10.5 Å². The number of para-hydroxylation sites is 1. The maximum Gasteiger partial charge on any atom is 0.119 e. The minimum absolute atomic E-state index is 0.0367. The largest absolute Gasteiger partial charge is 0.494 e. The second-order valence-corrected chi connectivity index (χ2v) is 4.65. The first-order chi connectivity index (χ1) is 9.29. The van der Waals surface area contributed by atoms with E-state index in [0.717, 1.165) is 18.6 Å². The lowest BCUT2D eigenvalue weighted by Gasteiger charge is -2.13. The van der Waals surface area contributed by atoms with Gasteiger partial charge in [-0.05, 0) is 29.7 Å². The van der Waals surface area contributed by atoms with Crippen molar-refractivity contribution < 1.29 is 4.74 Å². The third-order valence-electron chi connectivity index (χ3n) is 3.26. The summed E-state index contributed by atoms with van der Waals surface area (Å²) in [6.07, 6.45) is 1.88. The molecule has 0 aromatic heterocycles. The SMILES string of the molecule is CCc1ccc(C(N)CCOc2ccccc2)cc1. The summed E-state index contributed by atoms with van der Waals surface area (Å²) >= 11 is 0. The average molecular weight is 255 g/mol. The van der Waals surface area contributed by atoms with E-state index in [0.29, 0.717) is 6.61 Å². The van der Waals surface area contributed by atoms with Crippen molar-refractivity contribution in [3.05, 3.63) is 65.7 Å². The highest BCUT2D eigenvalue weighted by atomic mass is 16.5. The van der Waals surface area contributed by atoms with E-state index in [9.17, 15) is 0 Å². The van der Waals surface area contributed by atoms with Gasteiger partial charge in [-0.1, -0.05) is 49.4 Å². The van der Waals surface area contributed by atoms with E-state index in [2.05, 4.69) is 31.2 Å². The van der Waals surface area contributed by atoms with Crippen molar-refractivity contribution in [2.75, 3.05) is 6.61 Å². The third kappa shape index (κ3) is 4.11. The molecular formula is C17H21NO. The summed E-state index contributed by atoms with van der Waals surface area (Å²) in [4.78, 5) is 0. The number of ether oxygens (including phenoxy) is 1. The van der Waals surface area contributed by atoms with Gasteiger partial charge in [-0.3, -0.25) is 0 Å². The first-order valence-corrected chi connectivity index (χ1v) is 6.82. The zero-order valence-electron chi connectivity index (χ0n) is 11.4. The molecule has 0 saturated heterocycles. The maximum absolute atomic E-state index is 6.17. The number of benzene rings is 2. The second-order valence-electron chi connectivity index (χ2n) is 4.65. The monoisotopic (exact) mass is 255 g/mol. The molecule has 0 aliphatic carbocycles. The quantitative estimate of drug-likeness (QED) is 0.854. The Labute approximate surface area is 115 Å². The molecule has 2 aromatic rings. The Morgan fingerprint density at radius 1 is 1.00 bits per heavy atom. The summed E-state index contributed by atoms with van der Waals surface area (Å²) in [6.45, 7) is 2.79. The van der Waals surface area contributed by atoms with Crippen LogP contribution in [0.5, 0.6) is 5.75 Å². The van der Waals surface area contributed by atoms with Crippen molar-refractivity contribution >= 4 is 0 Å². The fraction of sp³-hybridized carbons (Fsp3) is 0.294. The van der Waals surface area contributed by atoms with Gasteiger partial charge >= 0.3 is 0 Å². The zero-order valence-corrected chi connectivity index (χ0v) is 11.4. The number of nitrogens with two attached hydrogens (primary N) is 1. The van der Waals surface area contributed by atoms with Gasteiger partial charge in [0.25, 0.3) is 0 Å². The Morgan fingerprint density at radius 3 is 2.32 bits per heavy atom. The van der Waals surface area contributed by atoms with Crippen molar-refractivity contribution in [2.45, 2.75) is 25.8 Å². The molecule has 19 heavy (non-hydrogen) atoms. The van der Waals surface area contributed by atoms with Gasteiger partial charge in [-0.2, -0.15) is 0 Å². The molecule has 0 aliphatic rings. The maximum atomic E-state index is 6.17. The lowest BCUT2D eigenvalue weighted by Crippen LogP contribution is -2.14. The molecule has 2 aromatic carbocycles. The zero-order chi connectivity index (χ0) is 13.5. The molecule has 0 saturated carbocycles. The standard InChI is InChI=1S/C17H21NO/c1-2-14-8-10-15(11-9-14)17(18)12-13-19-16-6-4-3-5-7-16/h3-11,17H,2,12-13,18H2,1H3. The summed E-state index contributed by atoms with van der Waals surface area (Å²) in [5.74, 6) is 0.899. The molecule has 1 atom stereocenters. The average Bonchev–Trinajstić information content (AvgIpc) is 2.48. The van der Waals surface area contributed by atoms with Crippen LogP contribution in [0.15, 0.2) is 54.6 Å². The molecule has 0 aliphatic heterocycles. The summed E-state index contributed by atoms with van der Waals surface area (Å²) < 4.78 is 5.66. The molecule has 1 unspecified atom stereocenters. The molecule has 0 radical (unpaired) electrons. The normalized spacial score (nSPS) is 12.1. The predicted molar refractivity (Wildman–Crippen MR) is 79.3 cm³/mol. The van der Waals surface area contributed by atoms with Gasteiger partial charge in [0.2, 0.25) is 0 Å². The van der Waals surface area contributed by atoms with Crippen LogP contribution in [0.3, 0.4) is 0 Å². The first kappa shape index (κ1) is 13.6. The first-order valence-electron chi connectivity index (χ1n) is 6.82. The lowest BCUT2D eigenvalue weighted by molar-refractivity contribution is 0.298. The number of rotatable bonds is 6. The minimum atomic E-state index is 0.0367. The van der Waals surface area contributed by atoms with E-state index < -0.39 is 0 Å². The van der Waals surface area contributed by atoms with Crippen LogP contribution >= 0.6 is 0 Å². The van der Waals surface area contributed by atoms with Crippen LogP contribution in [0.25, 0.3) is 0 Å². The summed E-state index contributed by atoms with van der Waals surface area (Å²) in [6, 6.07) is 18.4. The van der Waals surface area contributed by atoms with E-state index in [1.807, 2.05) is 30.3 Å².